The largest absolute Gasteiger partial charge is 0.454 e. The van der Waals surface area contributed by atoms with Crippen LogP contribution in [-0.4, -0.2) is 25.4 Å². The summed E-state index contributed by atoms with van der Waals surface area (Å²) in [5.41, 5.74) is 1.97. The molecule has 27 heavy (non-hydrogen) atoms. The number of nitrogens with zero attached hydrogens (tertiary/aromatic N) is 2. The molecule has 2 aromatic carbocycles. The van der Waals surface area contributed by atoms with Gasteiger partial charge in [0.1, 0.15) is 0 Å². The number of para-hydroxylation sites is 1. The Balaban J connectivity index is 1.50. The number of aryl methyl sites for hydroxylation is 1. The first-order valence-corrected chi connectivity index (χ1v) is 9.58. The van der Waals surface area contributed by atoms with Crippen LogP contribution in [0.25, 0.3) is 0 Å². The summed E-state index contributed by atoms with van der Waals surface area (Å²) in [5.74, 6) is 1.53. The highest BCUT2D eigenvalue weighted by Crippen LogP contribution is 2.34. The van der Waals surface area contributed by atoms with Gasteiger partial charge in [-0.05, 0) is 42.8 Å². The van der Waals surface area contributed by atoms with E-state index in [-0.39, 0.29) is 17.5 Å². The highest BCUT2D eigenvalue weighted by Gasteiger charge is 2.20. The first kappa shape index (κ1) is 17.1. The maximum absolute atomic E-state index is 12.5. The molecule has 0 radical (unpaired) electrons. The Labute approximate surface area is 156 Å². The van der Waals surface area contributed by atoms with E-state index < -0.39 is 10.0 Å². The summed E-state index contributed by atoms with van der Waals surface area (Å²) in [6, 6.07) is 15.4. The number of hydrogen-bond donors (Lipinski definition) is 2. The SMILES string of the molecule is Cc1ccccc1Nc1ccc(NS(=O)(=O)c2ccc3c(c2)OCO3)nn1. The van der Waals surface area contributed by atoms with Crippen molar-refractivity contribution < 1.29 is 17.9 Å². The molecule has 1 aromatic heterocycles. The average molecular weight is 384 g/mol. The van der Waals surface area contributed by atoms with Gasteiger partial charge in [-0.3, -0.25) is 4.72 Å². The predicted octanol–water partition coefficient (Wildman–Crippen LogP) is 3.06. The molecule has 2 heterocycles. The normalized spacial score (nSPS) is 12.6. The quantitative estimate of drug-likeness (QED) is 0.697. The van der Waals surface area contributed by atoms with Gasteiger partial charge in [-0.2, -0.15) is 0 Å². The van der Waals surface area contributed by atoms with Crippen LogP contribution in [-0.2, 0) is 10.0 Å². The van der Waals surface area contributed by atoms with E-state index in [9.17, 15) is 8.42 Å². The summed E-state index contributed by atoms with van der Waals surface area (Å²) in [7, 11) is -3.82. The smallest absolute Gasteiger partial charge is 0.263 e. The van der Waals surface area contributed by atoms with E-state index in [1.165, 1.54) is 18.2 Å². The van der Waals surface area contributed by atoms with Crippen molar-refractivity contribution in [2.24, 2.45) is 0 Å². The number of benzene rings is 2. The molecule has 0 atom stereocenters. The molecule has 3 aromatic rings. The zero-order valence-electron chi connectivity index (χ0n) is 14.3. The van der Waals surface area contributed by atoms with Crippen molar-refractivity contribution >= 4 is 27.3 Å². The fourth-order valence-electron chi connectivity index (χ4n) is 2.55. The third kappa shape index (κ3) is 3.63. The van der Waals surface area contributed by atoms with Gasteiger partial charge in [-0.15, -0.1) is 10.2 Å². The lowest BCUT2D eigenvalue weighted by Gasteiger charge is -2.10. The van der Waals surface area contributed by atoms with Crippen molar-refractivity contribution in [3.8, 4) is 11.5 Å². The Bertz CT molecular complexity index is 1080. The molecule has 0 bridgehead atoms. The molecule has 0 amide bonds. The number of ether oxygens (including phenoxy) is 2. The van der Waals surface area contributed by atoms with E-state index >= 15 is 0 Å². The summed E-state index contributed by atoms with van der Waals surface area (Å²) in [6.45, 7) is 2.05. The van der Waals surface area contributed by atoms with Crippen molar-refractivity contribution in [1.29, 1.82) is 0 Å². The fourth-order valence-corrected chi connectivity index (χ4v) is 3.56. The zero-order valence-corrected chi connectivity index (χ0v) is 15.2. The number of nitrogens with one attached hydrogen (secondary N) is 2. The lowest BCUT2D eigenvalue weighted by Crippen LogP contribution is -2.14. The predicted molar refractivity (Wildman–Crippen MR) is 99.9 cm³/mol. The molecule has 138 valence electrons. The van der Waals surface area contributed by atoms with Gasteiger partial charge in [0.15, 0.2) is 23.1 Å². The van der Waals surface area contributed by atoms with Crippen molar-refractivity contribution in [2.75, 3.05) is 16.8 Å². The Kier molecular flexibility index (Phi) is 4.28. The van der Waals surface area contributed by atoms with Gasteiger partial charge >= 0.3 is 0 Å². The third-order valence-corrected chi connectivity index (χ3v) is 5.32. The molecular formula is C18H16N4O4S. The second-order valence-electron chi connectivity index (χ2n) is 5.86. The molecule has 0 unspecified atom stereocenters. The van der Waals surface area contributed by atoms with Crippen LogP contribution >= 0.6 is 0 Å². The first-order valence-electron chi connectivity index (χ1n) is 8.10. The Morgan fingerprint density at radius 1 is 0.926 bits per heavy atom. The monoisotopic (exact) mass is 384 g/mol. The van der Waals surface area contributed by atoms with Gasteiger partial charge in [0.2, 0.25) is 6.79 Å². The van der Waals surface area contributed by atoms with Gasteiger partial charge in [0.05, 0.1) is 4.90 Å². The third-order valence-electron chi connectivity index (χ3n) is 3.97. The molecule has 0 fully saturated rings. The molecule has 0 spiro atoms. The van der Waals surface area contributed by atoms with E-state index in [1.807, 2.05) is 31.2 Å². The molecule has 1 aliphatic rings. The number of aromatic nitrogens is 2. The topological polar surface area (TPSA) is 102 Å². The minimum atomic E-state index is -3.82. The summed E-state index contributed by atoms with van der Waals surface area (Å²) in [4.78, 5) is 0.0515. The second kappa shape index (κ2) is 6.76. The highest BCUT2D eigenvalue weighted by atomic mass is 32.2. The Morgan fingerprint density at radius 2 is 1.67 bits per heavy atom. The first-order chi connectivity index (χ1) is 13.0. The number of hydrogen-bond acceptors (Lipinski definition) is 7. The Morgan fingerprint density at radius 3 is 2.44 bits per heavy atom. The molecule has 9 heteroatoms. The number of sulfonamides is 1. The number of rotatable bonds is 5. The Hall–Kier alpha value is -3.33. The standard InChI is InChI=1S/C18H16N4O4S/c1-12-4-2-3-5-14(12)19-17-8-9-18(21-20-17)22-27(23,24)13-6-7-15-16(10-13)26-11-25-15/h2-10H,11H2,1H3,(H,19,20)(H,21,22). The molecule has 0 saturated carbocycles. The number of fused-ring (bicyclic) bond motifs is 1. The van der Waals surface area contributed by atoms with Gasteiger partial charge < -0.3 is 14.8 Å². The van der Waals surface area contributed by atoms with E-state index in [0.29, 0.717) is 17.3 Å². The van der Waals surface area contributed by atoms with Gasteiger partial charge in [0.25, 0.3) is 10.0 Å². The van der Waals surface area contributed by atoms with Crippen LogP contribution in [0.5, 0.6) is 11.5 Å². The van der Waals surface area contributed by atoms with Crippen molar-refractivity contribution in [3.63, 3.8) is 0 Å². The maximum atomic E-state index is 12.5. The van der Waals surface area contributed by atoms with Crippen LogP contribution in [0.15, 0.2) is 59.5 Å². The maximum Gasteiger partial charge on any atom is 0.263 e. The number of anilines is 3. The van der Waals surface area contributed by atoms with Gasteiger partial charge in [0, 0.05) is 11.8 Å². The summed E-state index contributed by atoms with van der Waals surface area (Å²) < 4.78 is 37.9. The van der Waals surface area contributed by atoms with Crippen LogP contribution in [0.2, 0.25) is 0 Å². The molecule has 1 aliphatic heterocycles. The van der Waals surface area contributed by atoms with Crippen molar-refractivity contribution in [1.82, 2.24) is 10.2 Å². The molecule has 0 saturated heterocycles. The van der Waals surface area contributed by atoms with Crippen LogP contribution in [0.4, 0.5) is 17.3 Å². The van der Waals surface area contributed by atoms with Gasteiger partial charge in [-0.1, -0.05) is 18.2 Å². The van der Waals surface area contributed by atoms with Crippen LogP contribution < -0.4 is 19.5 Å². The van der Waals surface area contributed by atoms with Crippen LogP contribution in [0.3, 0.4) is 0 Å². The molecule has 2 N–H and O–H groups in total. The van der Waals surface area contributed by atoms with E-state index in [0.717, 1.165) is 11.3 Å². The van der Waals surface area contributed by atoms with Crippen molar-refractivity contribution in [2.45, 2.75) is 11.8 Å². The van der Waals surface area contributed by atoms with Crippen molar-refractivity contribution in [3.05, 3.63) is 60.2 Å². The zero-order chi connectivity index (χ0) is 18.9. The fraction of sp³-hybridized carbons (Fsp3) is 0.111. The summed E-state index contributed by atoms with van der Waals surface area (Å²) in [6.07, 6.45) is 0. The second-order valence-corrected chi connectivity index (χ2v) is 7.55. The summed E-state index contributed by atoms with van der Waals surface area (Å²) in [5, 5.41) is 11.1. The molecule has 8 nitrogen and oxygen atoms in total. The molecule has 0 aliphatic carbocycles. The molecule has 4 rings (SSSR count). The summed E-state index contributed by atoms with van der Waals surface area (Å²) >= 11 is 0. The van der Waals surface area contributed by atoms with Crippen LogP contribution in [0, 0.1) is 6.92 Å². The minimum Gasteiger partial charge on any atom is -0.454 e. The van der Waals surface area contributed by atoms with E-state index in [1.54, 1.807) is 12.1 Å². The van der Waals surface area contributed by atoms with Gasteiger partial charge in [-0.25, -0.2) is 8.42 Å². The van der Waals surface area contributed by atoms with E-state index in [2.05, 4.69) is 20.2 Å². The average Bonchev–Trinajstić information content (AvgIpc) is 3.13. The van der Waals surface area contributed by atoms with Crippen LogP contribution in [0.1, 0.15) is 5.56 Å². The lowest BCUT2D eigenvalue weighted by atomic mass is 10.2. The highest BCUT2D eigenvalue weighted by molar-refractivity contribution is 7.92. The minimum absolute atomic E-state index is 0.0515. The lowest BCUT2D eigenvalue weighted by molar-refractivity contribution is 0.174. The molecular weight excluding hydrogens is 368 g/mol. The van der Waals surface area contributed by atoms with E-state index in [4.69, 9.17) is 9.47 Å².